The Morgan fingerprint density at radius 2 is 2.07 bits per heavy atom. The number of hydrogen-bond acceptors (Lipinski definition) is 6. The van der Waals surface area contributed by atoms with Gasteiger partial charge in [0.05, 0.1) is 30.6 Å². The van der Waals surface area contributed by atoms with Gasteiger partial charge < -0.3 is 24.4 Å². The highest BCUT2D eigenvalue weighted by Gasteiger charge is 2.81. The van der Waals surface area contributed by atoms with Gasteiger partial charge in [0.25, 0.3) is 0 Å². The zero-order valence-electron chi connectivity index (χ0n) is 16.3. The fourth-order valence-electron chi connectivity index (χ4n) is 7.47. The van der Waals surface area contributed by atoms with Gasteiger partial charge >= 0.3 is 0 Å². The smallest absolute Gasteiger partial charge is 0.229 e. The van der Waals surface area contributed by atoms with E-state index in [0.717, 1.165) is 11.3 Å². The van der Waals surface area contributed by atoms with Crippen LogP contribution in [0.15, 0.2) is 24.3 Å². The fraction of sp³-hybridized carbons (Fsp3) is 0.636. The number of aliphatic hydroxyl groups is 1. The number of anilines is 1. The Kier molecular flexibility index (Phi) is 2.87. The van der Waals surface area contributed by atoms with E-state index >= 15 is 0 Å². The van der Waals surface area contributed by atoms with E-state index in [1.807, 2.05) is 36.2 Å². The van der Waals surface area contributed by atoms with E-state index in [4.69, 9.17) is 9.47 Å². The molecule has 29 heavy (non-hydrogen) atoms. The van der Waals surface area contributed by atoms with Crippen LogP contribution >= 0.6 is 0 Å². The molecule has 7 nitrogen and oxygen atoms in total. The summed E-state index contributed by atoms with van der Waals surface area (Å²) in [5, 5.41) is 12.2. The molecule has 0 unspecified atom stereocenters. The van der Waals surface area contributed by atoms with Crippen molar-refractivity contribution in [1.82, 2.24) is 4.90 Å². The summed E-state index contributed by atoms with van der Waals surface area (Å²) in [4.78, 5) is 31.2. The highest BCUT2D eigenvalue weighted by Crippen LogP contribution is 2.66. The molecular weight excluding hydrogens is 372 g/mol. The average Bonchev–Trinajstić information content (AvgIpc) is 3.31. The lowest BCUT2D eigenvalue weighted by molar-refractivity contribution is -0.182. The predicted molar refractivity (Wildman–Crippen MR) is 102 cm³/mol. The normalized spacial score (nSPS) is 49.7. The van der Waals surface area contributed by atoms with Crippen molar-refractivity contribution in [1.29, 1.82) is 0 Å². The lowest BCUT2D eigenvalue weighted by Gasteiger charge is -2.57. The summed E-state index contributed by atoms with van der Waals surface area (Å²) in [6.45, 7) is 1.66. The number of para-hydroxylation sites is 1. The number of ketones is 1. The van der Waals surface area contributed by atoms with Crippen LogP contribution in [0, 0.1) is 5.92 Å². The first-order valence-electron chi connectivity index (χ1n) is 10.6. The summed E-state index contributed by atoms with van der Waals surface area (Å²) in [7, 11) is 2.03. The summed E-state index contributed by atoms with van der Waals surface area (Å²) in [5.41, 5.74) is -1.15. The first-order valence-corrected chi connectivity index (χ1v) is 10.6. The van der Waals surface area contributed by atoms with Gasteiger partial charge in [-0.15, -0.1) is 0 Å². The molecule has 7 heteroatoms. The molecule has 6 heterocycles. The molecule has 2 spiro atoms. The van der Waals surface area contributed by atoms with E-state index in [9.17, 15) is 14.7 Å². The number of hydrogen-bond donors (Lipinski definition) is 1. The van der Waals surface area contributed by atoms with Crippen molar-refractivity contribution in [2.75, 3.05) is 31.6 Å². The Labute approximate surface area is 168 Å². The van der Waals surface area contributed by atoms with Crippen molar-refractivity contribution in [2.24, 2.45) is 5.92 Å². The Morgan fingerprint density at radius 1 is 1.24 bits per heavy atom. The molecule has 6 fully saturated rings. The van der Waals surface area contributed by atoms with Gasteiger partial charge in [0, 0.05) is 24.6 Å². The van der Waals surface area contributed by atoms with Crippen LogP contribution in [-0.4, -0.2) is 77.9 Å². The maximum Gasteiger partial charge on any atom is 0.229 e. The highest BCUT2D eigenvalue weighted by molar-refractivity contribution is 6.06. The van der Waals surface area contributed by atoms with Crippen LogP contribution in [0.3, 0.4) is 0 Å². The molecule has 5 saturated heterocycles. The lowest BCUT2D eigenvalue weighted by atomic mass is 9.52. The van der Waals surface area contributed by atoms with Crippen molar-refractivity contribution in [3.63, 3.8) is 0 Å². The second-order valence-electron chi connectivity index (χ2n) is 9.81. The van der Waals surface area contributed by atoms with E-state index in [-0.39, 0.29) is 42.7 Å². The van der Waals surface area contributed by atoms with Crippen LogP contribution in [0.25, 0.3) is 0 Å². The Bertz CT molecular complexity index is 982. The number of nitrogens with zero attached hydrogens (tertiary/aromatic N) is 2. The second-order valence-corrected chi connectivity index (χ2v) is 9.81. The SMILES string of the molecule is CN1CC[C@]23C(=O)C[C@]4(O)[C@H]5[C@H](CC(=O)N(c6ccccc62)[C@@H]53)OC[C@H]2O[C@]24C1. The maximum absolute atomic E-state index is 13.9. The molecule has 8 rings (SSSR count). The fourth-order valence-corrected chi connectivity index (χ4v) is 7.47. The van der Waals surface area contributed by atoms with Crippen LogP contribution in [0.5, 0.6) is 0 Å². The van der Waals surface area contributed by atoms with E-state index in [2.05, 4.69) is 4.90 Å². The minimum atomic E-state index is -1.33. The number of Topliss-reactive ketones (excluding diaryl/α,β-unsaturated/α-hetero) is 1. The topological polar surface area (TPSA) is 82.6 Å². The molecule has 7 atom stereocenters. The van der Waals surface area contributed by atoms with Crippen LogP contribution < -0.4 is 4.90 Å². The maximum atomic E-state index is 13.9. The molecule has 1 aromatic rings. The molecule has 1 amide bonds. The summed E-state index contributed by atoms with van der Waals surface area (Å²) in [5.74, 6) is -0.319. The number of benzene rings is 1. The standard InChI is InChI=1S/C22H24N2O5/c1-23-7-6-20-12-4-2-3-5-13(12)24-17(26)8-14-18(19(20)24)21(27,9-15(20)25)22(11-23)16(29-22)10-28-14/h2-5,14,16,18-19,27H,6-11H2,1H3/t14-,16+,18-,19-,20+,21-,22+/m0/s1. The van der Waals surface area contributed by atoms with Gasteiger partial charge in [-0.2, -0.15) is 0 Å². The summed E-state index contributed by atoms with van der Waals surface area (Å²) < 4.78 is 12.3. The quantitative estimate of drug-likeness (QED) is 0.633. The van der Waals surface area contributed by atoms with E-state index in [1.54, 1.807) is 0 Å². The van der Waals surface area contributed by atoms with Gasteiger partial charge in [-0.3, -0.25) is 9.59 Å². The molecule has 0 radical (unpaired) electrons. The average molecular weight is 396 g/mol. The number of amides is 1. The third-order valence-corrected chi connectivity index (χ3v) is 8.69. The molecule has 6 aliphatic heterocycles. The van der Waals surface area contributed by atoms with Crippen LogP contribution in [0.4, 0.5) is 5.69 Å². The van der Waals surface area contributed by atoms with Crippen molar-refractivity contribution in [3.05, 3.63) is 29.8 Å². The second kappa shape index (κ2) is 4.91. The van der Waals surface area contributed by atoms with E-state index in [0.29, 0.717) is 26.1 Å². The summed E-state index contributed by atoms with van der Waals surface area (Å²) in [6, 6.07) is 7.40. The number of fused-ring (bicyclic) bond motifs is 6. The largest absolute Gasteiger partial charge is 0.386 e. The number of carbonyl (C=O) groups excluding carboxylic acids is 2. The number of likely N-dealkylation sites (N-methyl/N-ethyl adjacent to an activating group) is 1. The number of carbonyl (C=O) groups is 2. The van der Waals surface area contributed by atoms with E-state index < -0.39 is 22.7 Å². The molecule has 4 bridgehead atoms. The van der Waals surface area contributed by atoms with E-state index in [1.165, 1.54) is 0 Å². The predicted octanol–water partition coefficient (Wildman–Crippen LogP) is 0.235. The van der Waals surface area contributed by atoms with Crippen LogP contribution in [0.2, 0.25) is 0 Å². The van der Waals surface area contributed by atoms with Gasteiger partial charge in [0.1, 0.15) is 23.1 Å². The Balaban J connectivity index is 1.56. The molecule has 1 aromatic carbocycles. The molecule has 1 aliphatic carbocycles. The van der Waals surface area contributed by atoms with Crippen LogP contribution in [0.1, 0.15) is 24.8 Å². The first-order chi connectivity index (χ1) is 13.9. The van der Waals surface area contributed by atoms with Gasteiger partial charge in [-0.1, -0.05) is 18.2 Å². The Morgan fingerprint density at radius 3 is 2.93 bits per heavy atom. The summed E-state index contributed by atoms with van der Waals surface area (Å²) >= 11 is 0. The zero-order valence-corrected chi connectivity index (χ0v) is 16.3. The van der Waals surface area contributed by atoms with Gasteiger partial charge in [0.15, 0.2) is 0 Å². The van der Waals surface area contributed by atoms with Gasteiger partial charge in [0.2, 0.25) is 5.91 Å². The monoisotopic (exact) mass is 396 g/mol. The Hall–Kier alpha value is -1.80. The van der Waals surface area contributed by atoms with Crippen molar-refractivity contribution in [3.8, 4) is 0 Å². The molecule has 7 aliphatic rings. The summed E-state index contributed by atoms with van der Waals surface area (Å²) in [6.07, 6.45) is 0.321. The molecule has 0 aromatic heterocycles. The highest BCUT2D eigenvalue weighted by atomic mass is 16.7. The van der Waals surface area contributed by atoms with Gasteiger partial charge in [-0.25, -0.2) is 0 Å². The van der Waals surface area contributed by atoms with Crippen molar-refractivity contribution in [2.45, 2.75) is 54.1 Å². The minimum Gasteiger partial charge on any atom is -0.386 e. The number of ether oxygens (including phenoxy) is 2. The number of piperidine rings is 1. The molecule has 1 N–H and O–H groups in total. The third-order valence-electron chi connectivity index (χ3n) is 8.69. The van der Waals surface area contributed by atoms with Crippen LogP contribution in [-0.2, 0) is 24.5 Å². The van der Waals surface area contributed by atoms with Gasteiger partial charge in [-0.05, 0) is 31.6 Å². The third kappa shape index (κ3) is 1.66. The first kappa shape index (κ1) is 16.9. The molecule has 152 valence electrons. The van der Waals surface area contributed by atoms with Crippen molar-refractivity contribution < 1.29 is 24.2 Å². The van der Waals surface area contributed by atoms with Crippen molar-refractivity contribution >= 4 is 17.4 Å². The zero-order chi connectivity index (χ0) is 19.8. The molecule has 1 saturated carbocycles. The number of epoxide rings is 1. The number of rotatable bonds is 0. The lowest BCUT2D eigenvalue weighted by Crippen LogP contribution is -2.74. The minimum absolute atomic E-state index is 0.0132. The molecular formula is C22H24N2O5.